The summed E-state index contributed by atoms with van der Waals surface area (Å²) in [5.41, 5.74) is 6.38. The van der Waals surface area contributed by atoms with E-state index >= 15 is 0 Å². The summed E-state index contributed by atoms with van der Waals surface area (Å²) in [6.07, 6.45) is 3.95. The fraction of sp³-hybridized carbons (Fsp3) is 1.00. The SMILES string of the molecule is CC(C)(N)CNC1CCC(C)(C)C1. The molecule has 78 valence electrons. The molecule has 0 saturated heterocycles. The lowest BCUT2D eigenvalue weighted by molar-refractivity contribution is 0.353. The first-order valence-electron chi connectivity index (χ1n) is 5.31. The van der Waals surface area contributed by atoms with Gasteiger partial charge < -0.3 is 11.1 Å². The van der Waals surface area contributed by atoms with Gasteiger partial charge in [-0.1, -0.05) is 13.8 Å². The van der Waals surface area contributed by atoms with Crippen molar-refractivity contribution in [1.82, 2.24) is 5.32 Å². The van der Waals surface area contributed by atoms with Gasteiger partial charge >= 0.3 is 0 Å². The van der Waals surface area contributed by atoms with E-state index in [2.05, 4.69) is 33.0 Å². The molecule has 0 aromatic carbocycles. The van der Waals surface area contributed by atoms with Gasteiger partial charge in [-0.25, -0.2) is 0 Å². The second kappa shape index (κ2) is 3.58. The van der Waals surface area contributed by atoms with Crippen LogP contribution in [-0.4, -0.2) is 18.1 Å². The standard InChI is InChI=1S/C11H24N2/c1-10(2)6-5-9(7-10)13-8-11(3,4)12/h9,13H,5-8,12H2,1-4H3. The average Bonchev–Trinajstić information content (AvgIpc) is 2.24. The maximum atomic E-state index is 5.92. The molecule has 0 amide bonds. The van der Waals surface area contributed by atoms with Gasteiger partial charge in [-0.15, -0.1) is 0 Å². The van der Waals surface area contributed by atoms with E-state index in [4.69, 9.17) is 5.73 Å². The molecule has 0 aliphatic heterocycles. The first kappa shape index (κ1) is 11.0. The molecule has 0 bridgehead atoms. The van der Waals surface area contributed by atoms with Crippen LogP contribution in [0.2, 0.25) is 0 Å². The molecule has 1 aliphatic carbocycles. The van der Waals surface area contributed by atoms with Gasteiger partial charge in [0.05, 0.1) is 0 Å². The Kier molecular flexibility index (Phi) is 3.03. The normalized spacial score (nSPS) is 27.9. The van der Waals surface area contributed by atoms with Crippen LogP contribution in [0.1, 0.15) is 47.0 Å². The van der Waals surface area contributed by atoms with Crippen molar-refractivity contribution in [2.45, 2.75) is 58.5 Å². The summed E-state index contributed by atoms with van der Waals surface area (Å²) in [6, 6.07) is 0.692. The monoisotopic (exact) mass is 184 g/mol. The van der Waals surface area contributed by atoms with Crippen molar-refractivity contribution >= 4 is 0 Å². The van der Waals surface area contributed by atoms with Gasteiger partial charge in [-0.2, -0.15) is 0 Å². The zero-order valence-electron chi connectivity index (χ0n) is 9.48. The highest BCUT2D eigenvalue weighted by molar-refractivity contribution is 4.88. The first-order chi connectivity index (χ1) is 5.79. The molecule has 3 N–H and O–H groups in total. The van der Waals surface area contributed by atoms with Crippen LogP contribution in [-0.2, 0) is 0 Å². The molecule has 0 aromatic rings. The van der Waals surface area contributed by atoms with Gasteiger partial charge in [-0.05, 0) is 38.5 Å². The largest absolute Gasteiger partial charge is 0.324 e. The molecule has 2 heteroatoms. The van der Waals surface area contributed by atoms with E-state index in [-0.39, 0.29) is 5.54 Å². The van der Waals surface area contributed by atoms with E-state index < -0.39 is 0 Å². The Morgan fingerprint density at radius 2 is 2.08 bits per heavy atom. The molecule has 1 atom stereocenters. The number of rotatable bonds is 3. The van der Waals surface area contributed by atoms with Crippen LogP contribution in [0.5, 0.6) is 0 Å². The van der Waals surface area contributed by atoms with Gasteiger partial charge in [0.15, 0.2) is 0 Å². The minimum Gasteiger partial charge on any atom is -0.324 e. The number of nitrogens with one attached hydrogen (secondary N) is 1. The third kappa shape index (κ3) is 4.10. The quantitative estimate of drug-likeness (QED) is 0.703. The number of hydrogen-bond donors (Lipinski definition) is 2. The minimum atomic E-state index is -0.0767. The molecule has 1 saturated carbocycles. The second-order valence-corrected chi connectivity index (χ2v) is 5.97. The highest BCUT2D eigenvalue weighted by Gasteiger charge is 2.30. The van der Waals surface area contributed by atoms with Crippen molar-refractivity contribution in [3.05, 3.63) is 0 Å². The van der Waals surface area contributed by atoms with Crippen molar-refractivity contribution in [1.29, 1.82) is 0 Å². The molecule has 13 heavy (non-hydrogen) atoms. The van der Waals surface area contributed by atoms with Crippen LogP contribution in [0.3, 0.4) is 0 Å². The summed E-state index contributed by atoms with van der Waals surface area (Å²) in [6.45, 7) is 9.76. The van der Waals surface area contributed by atoms with Gasteiger partial charge in [0.2, 0.25) is 0 Å². The highest BCUT2D eigenvalue weighted by atomic mass is 15.0. The lowest BCUT2D eigenvalue weighted by atomic mass is 9.92. The summed E-state index contributed by atoms with van der Waals surface area (Å²) in [4.78, 5) is 0. The van der Waals surface area contributed by atoms with E-state index in [1.54, 1.807) is 0 Å². The van der Waals surface area contributed by atoms with E-state index in [1.807, 2.05) is 0 Å². The summed E-state index contributed by atoms with van der Waals surface area (Å²) in [5, 5.41) is 3.55. The van der Waals surface area contributed by atoms with Crippen LogP contribution in [0.25, 0.3) is 0 Å². The van der Waals surface area contributed by atoms with E-state index in [1.165, 1.54) is 19.3 Å². The van der Waals surface area contributed by atoms with Crippen molar-refractivity contribution in [2.75, 3.05) is 6.54 Å². The summed E-state index contributed by atoms with van der Waals surface area (Å²) in [5.74, 6) is 0. The van der Waals surface area contributed by atoms with E-state index in [0.717, 1.165) is 6.54 Å². The molecule has 1 unspecified atom stereocenters. The van der Waals surface area contributed by atoms with Gasteiger partial charge in [0.1, 0.15) is 0 Å². The van der Waals surface area contributed by atoms with Crippen molar-refractivity contribution in [3.63, 3.8) is 0 Å². The maximum absolute atomic E-state index is 5.92. The average molecular weight is 184 g/mol. The molecule has 0 heterocycles. The maximum Gasteiger partial charge on any atom is 0.0223 e. The molecule has 0 aromatic heterocycles. The van der Waals surface area contributed by atoms with Gasteiger partial charge in [-0.3, -0.25) is 0 Å². The molecule has 0 radical (unpaired) electrons. The Labute approximate surface area is 82.3 Å². The molecule has 1 fully saturated rings. The van der Waals surface area contributed by atoms with Gasteiger partial charge in [0.25, 0.3) is 0 Å². The molecular formula is C11H24N2. The fourth-order valence-electron chi connectivity index (χ4n) is 2.02. The molecular weight excluding hydrogens is 160 g/mol. The molecule has 1 aliphatic rings. The lowest BCUT2D eigenvalue weighted by Crippen LogP contribution is -2.46. The summed E-state index contributed by atoms with van der Waals surface area (Å²) in [7, 11) is 0. The third-order valence-electron chi connectivity index (χ3n) is 2.81. The topological polar surface area (TPSA) is 38.0 Å². The Hall–Kier alpha value is -0.0800. The first-order valence-corrected chi connectivity index (χ1v) is 5.31. The van der Waals surface area contributed by atoms with Crippen molar-refractivity contribution < 1.29 is 0 Å². The van der Waals surface area contributed by atoms with Crippen molar-refractivity contribution in [2.24, 2.45) is 11.1 Å². The minimum absolute atomic E-state index is 0.0767. The summed E-state index contributed by atoms with van der Waals surface area (Å²) >= 11 is 0. The molecule has 2 nitrogen and oxygen atoms in total. The predicted molar refractivity (Wildman–Crippen MR) is 57.7 cm³/mol. The zero-order valence-corrected chi connectivity index (χ0v) is 9.48. The van der Waals surface area contributed by atoms with Crippen LogP contribution >= 0.6 is 0 Å². The zero-order chi connectivity index (χ0) is 10.1. The number of nitrogens with two attached hydrogens (primary N) is 1. The Morgan fingerprint density at radius 3 is 2.46 bits per heavy atom. The predicted octanol–water partition coefficient (Wildman–Crippen LogP) is 1.89. The lowest BCUT2D eigenvalue weighted by Gasteiger charge is -2.23. The van der Waals surface area contributed by atoms with Gasteiger partial charge in [0, 0.05) is 18.1 Å². The molecule has 1 rings (SSSR count). The van der Waals surface area contributed by atoms with Crippen LogP contribution in [0.15, 0.2) is 0 Å². The van der Waals surface area contributed by atoms with Crippen LogP contribution in [0.4, 0.5) is 0 Å². The van der Waals surface area contributed by atoms with E-state index in [9.17, 15) is 0 Å². The fourth-order valence-corrected chi connectivity index (χ4v) is 2.02. The van der Waals surface area contributed by atoms with E-state index in [0.29, 0.717) is 11.5 Å². The Balaban J connectivity index is 2.25. The Morgan fingerprint density at radius 1 is 1.46 bits per heavy atom. The Bertz CT molecular complexity index is 167. The van der Waals surface area contributed by atoms with Crippen LogP contribution < -0.4 is 11.1 Å². The number of hydrogen-bond acceptors (Lipinski definition) is 2. The molecule has 0 spiro atoms. The highest BCUT2D eigenvalue weighted by Crippen LogP contribution is 2.36. The summed E-state index contributed by atoms with van der Waals surface area (Å²) < 4.78 is 0. The smallest absolute Gasteiger partial charge is 0.0223 e. The third-order valence-corrected chi connectivity index (χ3v) is 2.81. The van der Waals surface area contributed by atoms with Crippen molar-refractivity contribution in [3.8, 4) is 0 Å². The second-order valence-electron chi connectivity index (χ2n) is 5.97. The van der Waals surface area contributed by atoms with Crippen LogP contribution in [0, 0.1) is 5.41 Å².